The number of nitrogens with one attached hydrogen (secondary N) is 2. The summed E-state index contributed by atoms with van der Waals surface area (Å²) in [5.41, 5.74) is 4.33. The van der Waals surface area contributed by atoms with Crippen molar-refractivity contribution in [3.8, 4) is 5.75 Å². The number of benzene rings is 3. The average Bonchev–Trinajstić information content (AvgIpc) is 2.82. The number of ether oxygens (including phenoxy) is 1. The van der Waals surface area contributed by atoms with Crippen molar-refractivity contribution < 1.29 is 19.1 Å². The summed E-state index contributed by atoms with van der Waals surface area (Å²) in [6.45, 7) is 2.03. The molecule has 3 aromatic carbocycles. The maximum Gasteiger partial charge on any atom is 0.328 e. The molecule has 4 amide bonds. The van der Waals surface area contributed by atoms with Gasteiger partial charge in [0.2, 0.25) is 0 Å². The Kier molecular flexibility index (Phi) is 5.11. The Labute approximate surface area is 190 Å². The van der Waals surface area contributed by atoms with Crippen LogP contribution in [0.25, 0.3) is 5.76 Å². The van der Waals surface area contributed by atoms with E-state index in [1.165, 1.54) is 6.08 Å². The van der Waals surface area contributed by atoms with Crippen molar-refractivity contribution in [2.45, 2.75) is 12.8 Å². The van der Waals surface area contributed by atoms with E-state index < -0.39 is 17.8 Å². The van der Waals surface area contributed by atoms with Gasteiger partial charge in [0.1, 0.15) is 17.1 Å². The number of imide groups is 2. The molecule has 0 aliphatic carbocycles. The summed E-state index contributed by atoms with van der Waals surface area (Å²) >= 11 is 0. The van der Waals surface area contributed by atoms with Gasteiger partial charge in [0.05, 0.1) is 0 Å². The van der Waals surface area contributed by atoms with E-state index >= 15 is 0 Å². The summed E-state index contributed by atoms with van der Waals surface area (Å²) < 4.78 is 6.36. The maximum absolute atomic E-state index is 12.6. The predicted octanol–water partition coefficient (Wildman–Crippen LogP) is 4.22. The second-order valence-electron chi connectivity index (χ2n) is 7.88. The number of carbonyl (C=O) groups excluding carboxylic acids is 3. The number of rotatable bonds is 3. The van der Waals surface area contributed by atoms with Crippen LogP contribution >= 0.6 is 0 Å². The quantitative estimate of drug-likeness (QED) is 0.476. The van der Waals surface area contributed by atoms with Gasteiger partial charge in [-0.25, -0.2) is 4.79 Å². The van der Waals surface area contributed by atoms with Crippen LogP contribution in [-0.4, -0.2) is 17.8 Å². The number of amides is 4. The molecular weight excluding hydrogens is 416 g/mol. The summed E-state index contributed by atoms with van der Waals surface area (Å²) in [4.78, 5) is 36.7. The first-order chi connectivity index (χ1) is 16.0. The van der Waals surface area contributed by atoms with Crippen molar-refractivity contribution in [2.75, 3.05) is 0 Å². The van der Waals surface area contributed by atoms with Crippen molar-refractivity contribution in [1.82, 2.24) is 10.6 Å². The average molecular weight is 436 g/mol. The van der Waals surface area contributed by atoms with Gasteiger partial charge >= 0.3 is 6.03 Å². The Morgan fingerprint density at radius 3 is 2.06 bits per heavy atom. The Morgan fingerprint density at radius 2 is 1.36 bits per heavy atom. The lowest BCUT2D eigenvalue weighted by Gasteiger charge is -2.31. The topological polar surface area (TPSA) is 84.5 Å². The fourth-order valence-electron chi connectivity index (χ4n) is 4.25. The third-order valence-electron chi connectivity index (χ3n) is 5.79. The number of aryl methyl sites for hydroxylation is 1. The Bertz CT molecular complexity index is 1330. The first kappa shape index (κ1) is 20.5. The molecule has 1 saturated heterocycles. The number of carbonyl (C=O) groups is 3. The second kappa shape index (κ2) is 8.24. The van der Waals surface area contributed by atoms with Gasteiger partial charge in [0.25, 0.3) is 11.8 Å². The zero-order valence-corrected chi connectivity index (χ0v) is 17.8. The van der Waals surface area contributed by atoms with Crippen LogP contribution in [0.4, 0.5) is 4.79 Å². The molecule has 6 nitrogen and oxygen atoms in total. The van der Waals surface area contributed by atoms with Crippen molar-refractivity contribution in [1.29, 1.82) is 0 Å². The second-order valence-corrected chi connectivity index (χ2v) is 7.88. The monoisotopic (exact) mass is 436 g/mol. The molecule has 0 unspecified atom stereocenters. The van der Waals surface area contributed by atoms with Crippen molar-refractivity contribution in [3.63, 3.8) is 0 Å². The van der Waals surface area contributed by atoms with Crippen LogP contribution in [0, 0.1) is 6.92 Å². The van der Waals surface area contributed by atoms with Crippen LogP contribution in [0.1, 0.15) is 28.2 Å². The highest BCUT2D eigenvalue weighted by Crippen LogP contribution is 2.47. The molecule has 5 rings (SSSR count). The van der Waals surface area contributed by atoms with E-state index in [4.69, 9.17) is 4.74 Å². The smallest absolute Gasteiger partial charge is 0.328 e. The molecule has 0 saturated carbocycles. The molecule has 1 fully saturated rings. The number of hydrogen-bond acceptors (Lipinski definition) is 4. The van der Waals surface area contributed by atoms with Crippen molar-refractivity contribution >= 4 is 23.6 Å². The van der Waals surface area contributed by atoms with E-state index in [1.807, 2.05) is 85.8 Å². The third kappa shape index (κ3) is 3.72. The summed E-state index contributed by atoms with van der Waals surface area (Å²) in [6, 6.07) is 24.4. The highest BCUT2D eigenvalue weighted by molar-refractivity contribution is 6.29. The Hall–Kier alpha value is -4.45. The molecule has 2 heterocycles. The van der Waals surface area contributed by atoms with Crippen molar-refractivity contribution in [3.05, 3.63) is 118 Å². The molecule has 6 heteroatoms. The summed E-state index contributed by atoms with van der Waals surface area (Å²) in [5, 5.41) is 4.30. The SMILES string of the molecule is Cc1ccccc1[C@@H]1C(C=C2C(=O)NC(=O)NC2=O)=C(c2ccccc2)Oc2ccccc21. The molecule has 2 aliphatic rings. The van der Waals surface area contributed by atoms with Gasteiger partial charge in [0.15, 0.2) is 0 Å². The minimum atomic E-state index is -0.833. The van der Waals surface area contributed by atoms with Gasteiger partial charge in [-0.2, -0.15) is 0 Å². The van der Waals surface area contributed by atoms with E-state index in [-0.39, 0.29) is 11.5 Å². The summed E-state index contributed by atoms with van der Waals surface area (Å²) in [6.07, 6.45) is 1.53. The first-order valence-corrected chi connectivity index (χ1v) is 10.5. The van der Waals surface area contributed by atoms with Crippen LogP contribution in [0.5, 0.6) is 5.75 Å². The minimum Gasteiger partial charge on any atom is -0.456 e. The van der Waals surface area contributed by atoms with E-state index in [0.717, 1.165) is 22.3 Å². The third-order valence-corrected chi connectivity index (χ3v) is 5.79. The summed E-state index contributed by atoms with van der Waals surface area (Å²) in [5.74, 6) is -0.527. The first-order valence-electron chi connectivity index (χ1n) is 10.5. The molecule has 2 aliphatic heterocycles. The molecule has 0 bridgehead atoms. The molecule has 2 N–H and O–H groups in total. The number of fused-ring (bicyclic) bond motifs is 1. The highest BCUT2D eigenvalue weighted by atomic mass is 16.5. The van der Waals surface area contributed by atoms with Crippen LogP contribution in [-0.2, 0) is 9.59 Å². The molecule has 162 valence electrons. The number of para-hydroxylation sites is 1. The zero-order valence-electron chi connectivity index (χ0n) is 17.8. The van der Waals surface area contributed by atoms with Gasteiger partial charge in [-0.3, -0.25) is 20.2 Å². The van der Waals surface area contributed by atoms with E-state index in [1.54, 1.807) is 0 Å². The van der Waals surface area contributed by atoms with Crippen LogP contribution < -0.4 is 15.4 Å². The van der Waals surface area contributed by atoms with Crippen LogP contribution in [0.3, 0.4) is 0 Å². The molecule has 3 aromatic rings. The van der Waals surface area contributed by atoms with Gasteiger partial charge in [-0.05, 0) is 30.2 Å². The normalized spacial score (nSPS) is 17.7. The molecular formula is C27H20N2O4. The molecule has 0 spiro atoms. The van der Waals surface area contributed by atoms with Gasteiger partial charge in [0, 0.05) is 22.6 Å². The van der Waals surface area contributed by atoms with Gasteiger partial charge < -0.3 is 4.74 Å². The Balaban J connectivity index is 1.81. The molecule has 0 aromatic heterocycles. The lowest BCUT2D eigenvalue weighted by atomic mass is 9.79. The van der Waals surface area contributed by atoms with Crippen LogP contribution in [0.15, 0.2) is 96.1 Å². The molecule has 0 radical (unpaired) electrons. The number of allylic oxidation sites excluding steroid dienone is 2. The Morgan fingerprint density at radius 1 is 0.758 bits per heavy atom. The van der Waals surface area contributed by atoms with Crippen molar-refractivity contribution in [2.24, 2.45) is 0 Å². The van der Waals surface area contributed by atoms with E-state index in [2.05, 4.69) is 10.6 Å². The van der Waals surface area contributed by atoms with E-state index in [9.17, 15) is 14.4 Å². The number of urea groups is 1. The molecule has 33 heavy (non-hydrogen) atoms. The van der Waals surface area contributed by atoms with E-state index in [0.29, 0.717) is 17.1 Å². The fraction of sp³-hybridized carbons (Fsp3) is 0.0741. The summed E-state index contributed by atoms with van der Waals surface area (Å²) in [7, 11) is 0. The van der Waals surface area contributed by atoms with Gasteiger partial charge in [-0.1, -0.05) is 72.8 Å². The van der Waals surface area contributed by atoms with Gasteiger partial charge in [-0.15, -0.1) is 0 Å². The van der Waals surface area contributed by atoms with Crippen LogP contribution in [0.2, 0.25) is 0 Å². The zero-order chi connectivity index (χ0) is 22.9. The fourth-order valence-corrected chi connectivity index (χ4v) is 4.25. The predicted molar refractivity (Wildman–Crippen MR) is 123 cm³/mol. The number of hydrogen-bond donors (Lipinski definition) is 2. The number of barbiturate groups is 1. The minimum absolute atomic E-state index is 0.153. The lowest BCUT2D eigenvalue weighted by Crippen LogP contribution is -2.51. The molecule has 1 atom stereocenters. The highest BCUT2D eigenvalue weighted by Gasteiger charge is 2.34. The standard InChI is InChI=1S/C27H20N2O4/c1-16-9-5-6-12-18(16)23-19-13-7-8-14-22(19)33-24(17-10-3-2-4-11-17)20(23)15-21-25(30)28-27(32)29-26(21)31/h2-15,23H,1H3,(H2,28,29,30,31,32)/t23-/m0/s1. The maximum atomic E-state index is 12.6. The lowest BCUT2D eigenvalue weighted by molar-refractivity contribution is -0.124. The largest absolute Gasteiger partial charge is 0.456 e.